The summed E-state index contributed by atoms with van der Waals surface area (Å²) >= 11 is 0. The fourth-order valence-electron chi connectivity index (χ4n) is 1.33. The van der Waals surface area contributed by atoms with Crippen molar-refractivity contribution in [3.05, 3.63) is 29.6 Å². The number of nitrogens with zero attached hydrogens (tertiary/aromatic N) is 1. The van der Waals surface area contributed by atoms with Crippen LogP contribution in [0.15, 0.2) is 18.3 Å². The lowest BCUT2D eigenvalue weighted by Crippen LogP contribution is -2.27. The molecule has 0 aliphatic rings. The Morgan fingerprint density at radius 2 is 2.06 bits per heavy atom. The molecule has 0 atom stereocenters. The first-order valence-corrected chi connectivity index (χ1v) is 5.96. The van der Waals surface area contributed by atoms with E-state index in [4.69, 9.17) is 0 Å². The molecule has 18 heavy (non-hydrogen) atoms. The van der Waals surface area contributed by atoms with Crippen molar-refractivity contribution in [3.63, 3.8) is 0 Å². The Hall–Kier alpha value is -1.91. The Bertz CT molecular complexity index is 430. The monoisotopic (exact) mass is 249 g/mol. The topological polar surface area (TPSA) is 71.1 Å². The lowest BCUT2D eigenvalue weighted by molar-refractivity contribution is -0.119. The third-order valence-corrected chi connectivity index (χ3v) is 2.27. The predicted octanol–water partition coefficient (Wildman–Crippen LogP) is 1.10. The highest BCUT2D eigenvalue weighted by atomic mass is 16.2. The molecule has 0 saturated heterocycles. The molecule has 0 aromatic carbocycles. The minimum atomic E-state index is -0.119. The van der Waals surface area contributed by atoms with Crippen molar-refractivity contribution in [2.45, 2.75) is 27.3 Å². The number of rotatable bonds is 5. The lowest BCUT2D eigenvalue weighted by atomic mass is 10.2. The number of carbonyl (C=O) groups excluding carboxylic acids is 2. The maximum atomic E-state index is 11.8. The van der Waals surface area contributed by atoms with Crippen LogP contribution in [-0.2, 0) is 11.3 Å². The molecule has 1 aromatic rings. The number of hydrogen-bond acceptors (Lipinski definition) is 3. The molecule has 5 nitrogen and oxygen atoms in total. The first kappa shape index (κ1) is 14.2. The molecule has 2 N–H and O–H groups in total. The number of aromatic nitrogens is 1. The van der Waals surface area contributed by atoms with Crippen molar-refractivity contribution in [2.75, 3.05) is 6.54 Å². The standard InChI is InChI=1S/C13H19N3O2/c1-9(2)7-16-13(18)11-4-5-14-12(6-11)8-15-10(3)17/h4-6,9H,7-8H2,1-3H3,(H,15,17)(H,16,18). The van der Waals surface area contributed by atoms with Gasteiger partial charge in [0.05, 0.1) is 12.2 Å². The largest absolute Gasteiger partial charge is 0.352 e. The van der Waals surface area contributed by atoms with E-state index >= 15 is 0 Å². The van der Waals surface area contributed by atoms with E-state index in [-0.39, 0.29) is 11.8 Å². The highest BCUT2D eigenvalue weighted by Crippen LogP contribution is 2.02. The van der Waals surface area contributed by atoms with Gasteiger partial charge in [-0.3, -0.25) is 14.6 Å². The maximum Gasteiger partial charge on any atom is 0.251 e. The Kier molecular flexibility index (Phi) is 5.30. The van der Waals surface area contributed by atoms with E-state index < -0.39 is 0 Å². The molecule has 0 aliphatic carbocycles. The van der Waals surface area contributed by atoms with Crippen molar-refractivity contribution in [1.82, 2.24) is 15.6 Å². The fourth-order valence-corrected chi connectivity index (χ4v) is 1.33. The first-order chi connectivity index (χ1) is 8.49. The van der Waals surface area contributed by atoms with Crippen LogP contribution in [0.1, 0.15) is 36.8 Å². The van der Waals surface area contributed by atoms with Gasteiger partial charge in [0, 0.05) is 25.2 Å². The summed E-state index contributed by atoms with van der Waals surface area (Å²) < 4.78 is 0. The van der Waals surface area contributed by atoms with Gasteiger partial charge in [0.15, 0.2) is 0 Å². The van der Waals surface area contributed by atoms with Gasteiger partial charge < -0.3 is 10.6 Å². The van der Waals surface area contributed by atoms with Crippen LogP contribution in [0.25, 0.3) is 0 Å². The van der Waals surface area contributed by atoms with Crippen molar-refractivity contribution in [1.29, 1.82) is 0 Å². The van der Waals surface area contributed by atoms with E-state index in [2.05, 4.69) is 15.6 Å². The molecule has 0 bridgehead atoms. The van der Waals surface area contributed by atoms with Gasteiger partial charge in [0.1, 0.15) is 0 Å². The van der Waals surface area contributed by atoms with Gasteiger partial charge in [0.2, 0.25) is 5.91 Å². The van der Waals surface area contributed by atoms with Crippen LogP contribution in [0.5, 0.6) is 0 Å². The van der Waals surface area contributed by atoms with E-state index in [0.29, 0.717) is 30.3 Å². The maximum absolute atomic E-state index is 11.8. The first-order valence-electron chi connectivity index (χ1n) is 5.96. The van der Waals surface area contributed by atoms with Crippen molar-refractivity contribution < 1.29 is 9.59 Å². The Balaban J connectivity index is 2.63. The van der Waals surface area contributed by atoms with Crippen molar-refractivity contribution >= 4 is 11.8 Å². The molecule has 0 spiro atoms. The Morgan fingerprint density at radius 3 is 2.67 bits per heavy atom. The van der Waals surface area contributed by atoms with Crippen LogP contribution in [0.3, 0.4) is 0 Å². The molecule has 1 heterocycles. The Labute approximate surface area is 107 Å². The second-order valence-electron chi connectivity index (χ2n) is 4.55. The number of hydrogen-bond donors (Lipinski definition) is 2. The third kappa shape index (κ3) is 4.95. The zero-order valence-corrected chi connectivity index (χ0v) is 11.0. The second kappa shape index (κ2) is 6.74. The highest BCUT2D eigenvalue weighted by molar-refractivity contribution is 5.94. The van der Waals surface area contributed by atoms with Gasteiger partial charge in [-0.1, -0.05) is 13.8 Å². The van der Waals surface area contributed by atoms with Crippen LogP contribution in [0.4, 0.5) is 0 Å². The van der Waals surface area contributed by atoms with Crippen LogP contribution in [0, 0.1) is 5.92 Å². The summed E-state index contributed by atoms with van der Waals surface area (Å²) in [6.45, 7) is 6.49. The van der Waals surface area contributed by atoms with Gasteiger partial charge in [0.25, 0.3) is 5.91 Å². The zero-order chi connectivity index (χ0) is 13.5. The van der Waals surface area contributed by atoms with Crippen molar-refractivity contribution in [2.24, 2.45) is 5.92 Å². The minimum Gasteiger partial charge on any atom is -0.352 e. The molecule has 98 valence electrons. The quantitative estimate of drug-likeness (QED) is 0.821. The third-order valence-electron chi connectivity index (χ3n) is 2.27. The Morgan fingerprint density at radius 1 is 1.33 bits per heavy atom. The second-order valence-corrected chi connectivity index (χ2v) is 4.55. The van der Waals surface area contributed by atoms with Crippen molar-refractivity contribution in [3.8, 4) is 0 Å². The molecule has 5 heteroatoms. The molecule has 0 fully saturated rings. The molecule has 0 radical (unpaired) electrons. The van der Waals surface area contributed by atoms with Crippen LogP contribution < -0.4 is 10.6 Å². The normalized spacial score (nSPS) is 10.2. The summed E-state index contributed by atoms with van der Waals surface area (Å²) in [5, 5.41) is 5.48. The van der Waals surface area contributed by atoms with E-state index in [1.165, 1.54) is 6.92 Å². The molecule has 2 amide bonds. The molecule has 0 aliphatic heterocycles. The number of pyridine rings is 1. The summed E-state index contributed by atoms with van der Waals surface area (Å²) in [6.07, 6.45) is 1.57. The summed E-state index contributed by atoms with van der Waals surface area (Å²) in [5.41, 5.74) is 1.23. The number of amides is 2. The van der Waals surface area contributed by atoms with E-state index in [1.54, 1.807) is 18.3 Å². The van der Waals surface area contributed by atoms with Gasteiger partial charge >= 0.3 is 0 Å². The number of carbonyl (C=O) groups is 2. The average molecular weight is 249 g/mol. The number of nitrogens with one attached hydrogen (secondary N) is 2. The molecular formula is C13H19N3O2. The van der Waals surface area contributed by atoms with Gasteiger partial charge in [-0.25, -0.2) is 0 Å². The smallest absolute Gasteiger partial charge is 0.251 e. The lowest BCUT2D eigenvalue weighted by Gasteiger charge is -2.08. The van der Waals surface area contributed by atoms with E-state index in [9.17, 15) is 9.59 Å². The molecular weight excluding hydrogens is 230 g/mol. The fraction of sp³-hybridized carbons (Fsp3) is 0.462. The molecule has 1 aromatic heterocycles. The zero-order valence-electron chi connectivity index (χ0n) is 11.0. The summed E-state index contributed by atoms with van der Waals surface area (Å²) in [6, 6.07) is 3.35. The molecule has 0 saturated carbocycles. The van der Waals surface area contributed by atoms with E-state index in [1.807, 2.05) is 13.8 Å². The average Bonchev–Trinajstić information content (AvgIpc) is 2.33. The summed E-state index contributed by atoms with van der Waals surface area (Å²) in [7, 11) is 0. The molecule has 1 rings (SSSR count). The van der Waals surface area contributed by atoms with Gasteiger partial charge in [-0.15, -0.1) is 0 Å². The van der Waals surface area contributed by atoms with Crippen LogP contribution in [-0.4, -0.2) is 23.3 Å². The highest BCUT2D eigenvalue weighted by Gasteiger charge is 2.07. The van der Waals surface area contributed by atoms with E-state index in [0.717, 1.165) is 0 Å². The minimum absolute atomic E-state index is 0.116. The van der Waals surface area contributed by atoms with Gasteiger partial charge in [-0.05, 0) is 18.1 Å². The SMILES string of the molecule is CC(=O)NCc1cc(C(=O)NCC(C)C)ccn1. The van der Waals surface area contributed by atoms with Crippen LogP contribution >= 0.6 is 0 Å². The molecule has 0 unspecified atom stereocenters. The van der Waals surface area contributed by atoms with Crippen LogP contribution in [0.2, 0.25) is 0 Å². The summed E-state index contributed by atoms with van der Waals surface area (Å²) in [5.74, 6) is 0.177. The summed E-state index contributed by atoms with van der Waals surface area (Å²) in [4.78, 5) is 26.7. The van der Waals surface area contributed by atoms with Gasteiger partial charge in [-0.2, -0.15) is 0 Å². The predicted molar refractivity (Wildman–Crippen MR) is 68.9 cm³/mol.